The molecule has 4 heteroatoms. The molecule has 0 amide bonds. The van der Waals surface area contributed by atoms with Crippen LogP contribution in [-0.2, 0) is 0 Å². The lowest BCUT2D eigenvalue weighted by Crippen LogP contribution is -2.22. The van der Waals surface area contributed by atoms with Gasteiger partial charge in [0, 0.05) is 17.3 Å². The number of hydrogen-bond donors (Lipinski definition) is 1. The van der Waals surface area contributed by atoms with Crippen molar-refractivity contribution in [3.8, 4) is 0 Å². The first-order chi connectivity index (χ1) is 8.33. The van der Waals surface area contributed by atoms with Gasteiger partial charge in [0.1, 0.15) is 0 Å². The first-order valence-electron chi connectivity index (χ1n) is 5.69. The van der Waals surface area contributed by atoms with Gasteiger partial charge in [-0.3, -0.25) is 4.98 Å². The molecule has 0 aliphatic rings. The fraction of sp³-hybridized carbons (Fsp3) is 0.308. The predicted octanol–water partition coefficient (Wildman–Crippen LogP) is 3.89. The number of hydrogen-bond acceptors (Lipinski definition) is 3. The molecule has 2 nitrogen and oxygen atoms in total. The van der Waals surface area contributed by atoms with Crippen molar-refractivity contribution in [3.05, 3.63) is 51.4 Å². The molecular formula is C13H15ClN2S. The van der Waals surface area contributed by atoms with Gasteiger partial charge in [-0.1, -0.05) is 18.5 Å². The second-order valence-electron chi connectivity index (χ2n) is 3.80. The van der Waals surface area contributed by atoms with E-state index in [0.717, 1.165) is 18.0 Å². The quantitative estimate of drug-likeness (QED) is 0.888. The molecule has 90 valence electrons. The Morgan fingerprint density at radius 3 is 2.71 bits per heavy atom. The van der Waals surface area contributed by atoms with E-state index < -0.39 is 0 Å². The molecule has 0 spiro atoms. The molecule has 2 aromatic heterocycles. The summed E-state index contributed by atoms with van der Waals surface area (Å²) >= 11 is 7.91. The van der Waals surface area contributed by atoms with Gasteiger partial charge >= 0.3 is 0 Å². The van der Waals surface area contributed by atoms with Gasteiger partial charge in [-0.15, -0.1) is 11.3 Å². The highest BCUT2D eigenvalue weighted by Crippen LogP contribution is 2.32. The molecule has 0 saturated carbocycles. The molecule has 0 saturated heterocycles. The van der Waals surface area contributed by atoms with E-state index in [2.05, 4.69) is 17.2 Å². The van der Waals surface area contributed by atoms with Crippen LogP contribution in [0.15, 0.2) is 36.0 Å². The molecule has 0 aromatic carbocycles. The van der Waals surface area contributed by atoms with Gasteiger partial charge in [0.2, 0.25) is 0 Å². The van der Waals surface area contributed by atoms with Gasteiger partial charge in [0.05, 0.1) is 11.1 Å². The van der Waals surface area contributed by atoms with Crippen LogP contribution in [0.2, 0.25) is 5.02 Å². The topological polar surface area (TPSA) is 24.9 Å². The van der Waals surface area contributed by atoms with E-state index in [9.17, 15) is 0 Å². The summed E-state index contributed by atoms with van der Waals surface area (Å²) in [5, 5.41) is 6.39. The van der Waals surface area contributed by atoms with Crippen molar-refractivity contribution in [2.24, 2.45) is 0 Å². The standard InChI is InChI=1S/C13H15ClN2S/c1-2-6-16-12(10-3-7-15-8-4-10)13-11(14)5-9-17-13/h3-5,7-9,12,16H,2,6H2,1H3. The van der Waals surface area contributed by atoms with Crippen molar-refractivity contribution in [2.45, 2.75) is 19.4 Å². The van der Waals surface area contributed by atoms with Crippen LogP contribution in [0.5, 0.6) is 0 Å². The number of aromatic nitrogens is 1. The van der Waals surface area contributed by atoms with Gasteiger partial charge < -0.3 is 5.32 Å². The van der Waals surface area contributed by atoms with E-state index >= 15 is 0 Å². The zero-order chi connectivity index (χ0) is 12.1. The van der Waals surface area contributed by atoms with Crippen LogP contribution in [0.1, 0.15) is 29.8 Å². The van der Waals surface area contributed by atoms with Crippen LogP contribution in [0.4, 0.5) is 0 Å². The van der Waals surface area contributed by atoms with E-state index in [1.54, 1.807) is 11.3 Å². The Morgan fingerprint density at radius 2 is 2.12 bits per heavy atom. The summed E-state index contributed by atoms with van der Waals surface area (Å²) in [5.41, 5.74) is 1.21. The summed E-state index contributed by atoms with van der Waals surface area (Å²) in [7, 11) is 0. The number of pyridine rings is 1. The second kappa shape index (κ2) is 6.15. The Balaban J connectivity index is 2.29. The summed E-state index contributed by atoms with van der Waals surface area (Å²) < 4.78 is 0. The lowest BCUT2D eigenvalue weighted by atomic mass is 10.1. The Hall–Kier alpha value is -0.900. The van der Waals surface area contributed by atoms with Gasteiger partial charge in [-0.2, -0.15) is 0 Å². The zero-order valence-electron chi connectivity index (χ0n) is 9.69. The van der Waals surface area contributed by atoms with E-state index in [4.69, 9.17) is 11.6 Å². The largest absolute Gasteiger partial charge is 0.306 e. The van der Waals surface area contributed by atoms with Gasteiger partial charge in [0.15, 0.2) is 0 Å². The maximum atomic E-state index is 6.22. The molecule has 2 aromatic rings. The summed E-state index contributed by atoms with van der Waals surface area (Å²) in [6.07, 6.45) is 4.74. The molecule has 1 N–H and O–H groups in total. The maximum absolute atomic E-state index is 6.22. The summed E-state index contributed by atoms with van der Waals surface area (Å²) in [6, 6.07) is 6.18. The van der Waals surface area contributed by atoms with Crippen LogP contribution < -0.4 is 5.32 Å². The number of thiophene rings is 1. The molecule has 17 heavy (non-hydrogen) atoms. The highest BCUT2D eigenvalue weighted by atomic mass is 35.5. The van der Waals surface area contributed by atoms with Crippen molar-refractivity contribution in [1.29, 1.82) is 0 Å². The third-order valence-electron chi connectivity index (χ3n) is 2.54. The van der Waals surface area contributed by atoms with Crippen LogP contribution in [-0.4, -0.2) is 11.5 Å². The molecular weight excluding hydrogens is 252 g/mol. The third-order valence-corrected chi connectivity index (χ3v) is 3.97. The highest BCUT2D eigenvalue weighted by Gasteiger charge is 2.17. The number of nitrogens with zero attached hydrogens (tertiary/aromatic N) is 1. The molecule has 2 heterocycles. The smallest absolute Gasteiger partial charge is 0.0687 e. The van der Waals surface area contributed by atoms with Crippen molar-refractivity contribution in [1.82, 2.24) is 10.3 Å². The lowest BCUT2D eigenvalue weighted by Gasteiger charge is -2.18. The third kappa shape index (κ3) is 3.06. The fourth-order valence-electron chi connectivity index (χ4n) is 1.72. The van der Waals surface area contributed by atoms with Crippen LogP contribution >= 0.6 is 22.9 Å². The SMILES string of the molecule is CCCNC(c1ccncc1)c1sccc1Cl. The summed E-state index contributed by atoms with van der Waals surface area (Å²) in [4.78, 5) is 5.23. The Kier molecular flexibility index (Phi) is 4.54. The molecule has 1 atom stereocenters. The van der Waals surface area contributed by atoms with E-state index in [1.807, 2.05) is 36.0 Å². The summed E-state index contributed by atoms with van der Waals surface area (Å²) in [6.45, 7) is 3.13. The summed E-state index contributed by atoms with van der Waals surface area (Å²) in [5.74, 6) is 0. The predicted molar refractivity (Wildman–Crippen MR) is 73.7 cm³/mol. The zero-order valence-corrected chi connectivity index (χ0v) is 11.3. The second-order valence-corrected chi connectivity index (χ2v) is 5.16. The molecule has 0 radical (unpaired) electrons. The van der Waals surface area contributed by atoms with Gasteiger partial charge in [-0.05, 0) is 42.1 Å². The molecule has 0 bridgehead atoms. The van der Waals surface area contributed by atoms with Crippen molar-refractivity contribution >= 4 is 22.9 Å². The van der Waals surface area contributed by atoms with Crippen LogP contribution in [0, 0.1) is 0 Å². The Labute approximate surface area is 111 Å². The van der Waals surface area contributed by atoms with Gasteiger partial charge in [0.25, 0.3) is 0 Å². The number of nitrogens with one attached hydrogen (secondary N) is 1. The minimum absolute atomic E-state index is 0.172. The Bertz CT molecular complexity index is 455. The average Bonchev–Trinajstić information content (AvgIpc) is 2.78. The molecule has 0 aliphatic carbocycles. The monoisotopic (exact) mass is 266 g/mol. The van der Waals surface area contributed by atoms with Crippen LogP contribution in [0.3, 0.4) is 0 Å². The van der Waals surface area contributed by atoms with Crippen molar-refractivity contribution in [3.63, 3.8) is 0 Å². The van der Waals surface area contributed by atoms with E-state index in [1.165, 1.54) is 10.4 Å². The molecule has 1 unspecified atom stereocenters. The van der Waals surface area contributed by atoms with E-state index in [0.29, 0.717) is 0 Å². The van der Waals surface area contributed by atoms with Gasteiger partial charge in [-0.25, -0.2) is 0 Å². The highest BCUT2D eigenvalue weighted by molar-refractivity contribution is 7.10. The minimum atomic E-state index is 0.172. The maximum Gasteiger partial charge on any atom is 0.0687 e. The number of rotatable bonds is 5. The molecule has 0 aliphatic heterocycles. The molecule has 2 rings (SSSR count). The lowest BCUT2D eigenvalue weighted by molar-refractivity contribution is 0.605. The average molecular weight is 267 g/mol. The normalized spacial score (nSPS) is 12.6. The van der Waals surface area contributed by atoms with Crippen molar-refractivity contribution < 1.29 is 0 Å². The Morgan fingerprint density at radius 1 is 1.35 bits per heavy atom. The van der Waals surface area contributed by atoms with Crippen molar-refractivity contribution in [2.75, 3.05) is 6.54 Å². The minimum Gasteiger partial charge on any atom is -0.306 e. The van der Waals surface area contributed by atoms with E-state index in [-0.39, 0.29) is 6.04 Å². The van der Waals surface area contributed by atoms with Crippen LogP contribution in [0.25, 0.3) is 0 Å². The first-order valence-corrected chi connectivity index (χ1v) is 6.95. The molecule has 0 fully saturated rings. The number of halogens is 1. The first kappa shape index (κ1) is 12.6. The fourth-order valence-corrected chi connectivity index (χ4v) is 2.99.